The van der Waals surface area contributed by atoms with Gasteiger partial charge in [0.25, 0.3) is 5.56 Å². The van der Waals surface area contributed by atoms with E-state index in [0.717, 1.165) is 17.3 Å². The van der Waals surface area contributed by atoms with Gasteiger partial charge in [-0.2, -0.15) is 0 Å². The smallest absolute Gasteiger partial charge is 0.255 e. The number of hydrogen-bond acceptors (Lipinski definition) is 8. The molecule has 9 nitrogen and oxygen atoms in total. The number of nitrogens with zero attached hydrogens (tertiary/aromatic N) is 6. The lowest BCUT2D eigenvalue weighted by Crippen LogP contribution is -2.41. The van der Waals surface area contributed by atoms with Crippen LogP contribution in [0.25, 0.3) is 22.7 Å². The third kappa shape index (κ3) is 3.76. The molecule has 0 aliphatic carbocycles. The van der Waals surface area contributed by atoms with Crippen molar-refractivity contribution in [2.45, 2.75) is 6.10 Å². The average Bonchev–Trinajstić information content (AvgIpc) is 3.36. The van der Waals surface area contributed by atoms with Gasteiger partial charge < -0.3 is 14.1 Å². The largest absolute Gasteiger partial charge is 0.423 e. The van der Waals surface area contributed by atoms with Gasteiger partial charge in [-0.3, -0.25) is 14.3 Å². The molecule has 0 radical (unpaired) electrons. The Bertz CT molecular complexity index is 1290. The first-order valence-corrected chi connectivity index (χ1v) is 10.0. The Balaban J connectivity index is 1.43. The van der Waals surface area contributed by atoms with Crippen molar-refractivity contribution in [3.8, 4) is 22.7 Å². The van der Waals surface area contributed by atoms with E-state index in [1.165, 1.54) is 29.3 Å². The maximum atomic E-state index is 14.2. The second-order valence-electron chi connectivity index (χ2n) is 7.37. The molecule has 0 amide bonds. The number of pyridine rings is 1. The number of halogens is 1. The quantitative estimate of drug-likeness (QED) is 0.483. The molecule has 1 fully saturated rings. The van der Waals surface area contributed by atoms with E-state index in [2.05, 4.69) is 20.2 Å². The van der Waals surface area contributed by atoms with Crippen LogP contribution in [-0.2, 0) is 11.8 Å². The summed E-state index contributed by atoms with van der Waals surface area (Å²) in [4.78, 5) is 22.9. The molecule has 10 heteroatoms. The van der Waals surface area contributed by atoms with Crippen molar-refractivity contribution >= 4 is 5.95 Å². The van der Waals surface area contributed by atoms with Gasteiger partial charge in [0.1, 0.15) is 6.10 Å². The van der Waals surface area contributed by atoms with Crippen LogP contribution in [-0.4, -0.2) is 44.4 Å². The Morgan fingerprint density at radius 2 is 2.03 bits per heavy atom. The van der Waals surface area contributed by atoms with Crippen LogP contribution >= 0.6 is 0 Å². The van der Waals surface area contributed by atoms with E-state index in [1.54, 1.807) is 7.05 Å². The van der Waals surface area contributed by atoms with E-state index in [4.69, 9.17) is 9.15 Å². The van der Waals surface area contributed by atoms with Crippen molar-refractivity contribution in [2.75, 3.05) is 24.6 Å². The van der Waals surface area contributed by atoms with Gasteiger partial charge in [-0.05, 0) is 23.8 Å². The van der Waals surface area contributed by atoms with Crippen LogP contribution in [0.5, 0.6) is 0 Å². The lowest BCUT2D eigenvalue weighted by atomic mass is 10.1. The molecule has 1 aliphatic heterocycles. The predicted molar refractivity (Wildman–Crippen MR) is 113 cm³/mol. The van der Waals surface area contributed by atoms with Gasteiger partial charge in [0.05, 0.1) is 25.0 Å². The van der Waals surface area contributed by atoms with Crippen LogP contribution in [0.3, 0.4) is 0 Å². The summed E-state index contributed by atoms with van der Waals surface area (Å²) in [6.45, 7) is 1.50. The van der Waals surface area contributed by atoms with Gasteiger partial charge in [0, 0.05) is 37.0 Å². The predicted octanol–water partition coefficient (Wildman–Crippen LogP) is 2.61. The van der Waals surface area contributed by atoms with Gasteiger partial charge >= 0.3 is 0 Å². The molecule has 3 aromatic heterocycles. The van der Waals surface area contributed by atoms with Gasteiger partial charge in [0.15, 0.2) is 5.82 Å². The van der Waals surface area contributed by atoms with Crippen LogP contribution in [0.15, 0.2) is 64.4 Å². The lowest BCUT2D eigenvalue weighted by molar-refractivity contribution is 0.0390. The Kier molecular flexibility index (Phi) is 5.20. The minimum absolute atomic E-state index is 0.223. The maximum Gasteiger partial charge on any atom is 0.255 e. The summed E-state index contributed by atoms with van der Waals surface area (Å²) < 4.78 is 26.9. The summed E-state index contributed by atoms with van der Waals surface area (Å²) in [7, 11) is 1.65. The summed E-state index contributed by atoms with van der Waals surface area (Å²) in [5, 5.41) is 7.60. The summed E-state index contributed by atoms with van der Waals surface area (Å²) in [6, 6.07) is 10.5. The molecule has 5 rings (SSSR count). The highest BCUT2D eigenvalue weighted by Gasteiger charge is 2.25. The Labute approximate surface area is 182 Å². The fraction of sp³-hybridized carbons (Fsp3) is 0.227. The van der Waals surface area contributed by atoms with Gasteiger partial charge in [0.2, 0.25) is 18.2 Å². The second-order valence-corrected chi connectivity index (χ2v) is 7.37. The molecule has 0 N–H and O–H groups in total. The lowest BCUT2D eigenvalue weighted by Gasteiger charge is -2.34. The third-order valence-electron chi connectivity index (χ3n) is 5.40. The topological polar surface area (TPSA) is 99.2 Å². The number of anilines is 1. The van der Waals surface area contributed by atoms with Crippen LogP contribution in [0, 0.1) is 5.82 Å². The summed E-state index contributed by atoms with van der Waals surface area (Å²) in [6.07, 6.45) is 3.64. The van der Waals surface area contributed by atoms with E-state index >= 15 is 0 Å². The molecule has 1 aromatic carbocycles. The highest BCUT2D eigenvalue weighted by molar-refractivity contribution is 5.60. The summed E-state index contributed by atoms with van der Waals surface area (Å²) in [5.74, 6) is 0.377. The molecule has 0 spiro atoms. The molecular weight excluding hydrogens is 415 g/mol. The van der Waals surface area contributed by atoms with E-state index in [1.807, 2.05) is 29.2 Å². The zero-order chi connectivity index (χ0) is 22.1. The van der Waals surface area contributed by atoms with Crippen molar-refractivity contribution in [1.82, 2.24) is 24.7 Å². The number of rotatable bonds is 4. The molecule has 0 bridgehead atoms. The van der Waals surface area contributed by atoms with Crippen LogP contribution in [0.4, 0.5) is 10.3 Å². The molecule has 4 heterocycles. The van der Waals surface area contributed by atoms with Crippen molar-refractivity contribution in [2.24, 2.45) is 7.05 Å². The first-order valence-electron chi connectivity index (χ1n) is 10.0. The molecule has 1 aliphatic rings. The molecule has 1 atom stereocenters. The molecule has 32 heavy (non-hydrogen) atoms. The Morgan fingerprint density at radius 3 is 2.78 bits per heavy atom. The van der Waals surface area contributed by atoms with Gasteiger partial charge in [-0.15, -0.1) is 10.2 Å². The van der Waals surface area contributed by atoms with E-state index < -0.39 is 5.82 Å². The highest BCUT2D eigenvalue weighted by Crippen LogP contribution is 2.28. The van der Waals surface area contributed by atoms with E-state index in [0.29, 0.717) is 31.5 Å². The minimum Gasteiger partial charge on any atom is -0.423 e. The normalized spacial score (nSPS) is 16.3. The average molecular weight is 434 g/mol. The van der Waals surface area contributed by atoms with Crippen LogP contribution < -0.4 is 10.5 Å². The maximum absolute atomic E-state index is 14.2. The zero-order valence-corrected chi connectivity index (χ0v) is 17.2. The monoisotopic (exact) mass is 434 g/mol. The molecule has 0 saturated carbocycles. The first kappa shape index (κ1) is 20.0. The first-order chi connectivity index (χ1) is 15.6. The van der Waals surface area contributed by atoms with Crippen molar-refractivity contribution in [3.63, 3.8) is 0 Å². The molecular formula is C22H19FN6O3. The van der Waals surface area contributed by atoms with Gasteiger partial charge in [-0.1, -0.05) is 12.1 Å². The van der Waals surface area contributed by atoms with E-state index in [9.17, 15) is 9.18 Å². The highest BCUT2D eigenvalue weighted by atomic mass is 19.1. The molecule has 0 unspecified atom stereocenters. The molecule has 4 aromatic rings. The number of aromatic nitrogens is 5. The van der Waals surface area contributed by atoms with Crippen LogP contribution in [0.1, 0.15) is 11.7 Å². The Hall–Kier alpha value is -3.92. The third-order valence-corrected chi connectivity index (χ3v) is 5.40. The van der Waals surface area contributed by atoms with Crippen molar-refractivity contribution in [3.05, 3.63) is 76.9 Å². The zero-order valence-electron chi connectivity index (χ0n) is 17.2. The number of hydrogen-bond donors (Lipinski definition) is 0. The van der Waals surface area contributed by atoms with Crippen molar-refractivity contribution in [1.29, 1.82) is 0 Å². The minimum atomic E-state index is -0.527. The Morgan fingerprint density at radius 1 is 1.19 bits per heavy atom. The number of morpholine rings is 1. The fourth-order valence-corrected chi connectivity index (χ4v) is 3.70. The van der Waals surface area contributed by atoms with Crippen LogP contribution in [0.2, 0.25) is 0 Å². The van der Waals surface area contributed by atoms with E-state index in [-0.39, 0.29) is 22.9 Å². The second kappa shape index (κ2) is 8.31. The summed E-state index contributed by atoms with van der Waals surface area (Å²) >= 11 is 0. The van der Waals surface area contributed by atoms with Gasteiger partial charge in [-0.25, -0.2) is 9.37 Å². The number of benzene rings is 1. The summed E-state index contributed by atoms with van der Waals surface area (Å²) in [5.41, 5.74) is 2.03. The number of ether oxygens (including phenoxy) is 1. The standard InChI is InChI=1S/C22H19FN6O3/c1-28-20(30)10-18(16-6-7-24-11-17(16)23)26-22(28)29-8-9-31-19(12-29)14-2-4-15(5-3-14)21-27-25-13-32-21/h2-7,10-11,13,19H,8-9,12H2,1H3/t19-/m1/s1. The molecule has 1 saturated heterocycles. The fourth-order valence-electron chi connectivity index (χ4n) is 3.70. The van der Waals surface area contributed by atoms with Crippen molar-refractivity contribution < 1.29 is 13.5 Å². The SMILES string of the molecule is Cn1c(N2CCO[C@@H](c3ccc(-c4nnco4)cc3)C2)nc(-c2ccncc2F)cc1=O. The molecule has 162 valence electrons.